The van der Waals surface area contributed by atoms with Crippen molar-refractivity contribution < 1.29 is 9.90 Å². The maximum atomic E-state index is 12.8. The minimum atomic E-state index is -0.717. The van der Waals surface area contributed by atoms with Crippen LogP contribution < -0.4 is 16.6 Å². The molecular formula is C22H20BrClN4O4S. The van der Waals surface area contributed by atoms with Gasteiger partial charge in [0.25, 0.3) is 5.56 Å². The van der Waals surface area contributed by atoms with Gasteiger partial charge in [0.2, 0.25) is 11.8 Å². The highest BCUT2D eigenvalue weighted by atomic mass is 79.9. The summed E-state index contributed by atoms with van der Waals surface area (Å²) in [7, 11) is 2.66. The molecule has 172 valence electrons. The van der Waals surface area contributed by atoms with Gasteiger partial charge in [-0.3, -0.25) is 18.7 Å². The van der Waals surface area contributed by atoms with Gasteiger partial charge in [-0.2, -0.15) is 0 Å². The molecule has 0 fully saturated rings. The van der Waals surface area contributed by atoms with E-state index in [4.69, 9.17) is 11.6 Å². The maximum Gasteiger partial charge on any atom is 0.333 e. The number of rotatable bonds is 5. The van der Waals surface area contributed by atoms with Crippen LogP contribution in [0.2, 0.25) is 5.02 Å². The van der Waals surface area contributed by atoms with E-state index < -0.39 is 17.1 Å². The highest BCUT2D eigenvalue weighted by molar-refractivity contribution is 9.10. The molecule has 2 aromatic carbocycles. The van der Waals surface area contributed by atoms with Crippen molar-refractivity contribution in [1.29, 1.82) is 0 Å². The van der Waals surface area contributed by atoms with E-state index in [9.17, 15) is 19.5 Å². The van der Waals surface area contributed by atoms with Crippen LogP contribution in [0.1, 0.15) is 11.1 Å². The van der Waals surface area contributed by atoms with Gasteiger partial charge in [-0.25, -0.2) is 9.79 Å². The van der Waals surface area contributed by atoms with Crippen molar-refractivity contribution in [3.63, 3.8) is 0 Å². The van der Waals surface area contributed by atoms with Gasteiger partial charge < -0.3 is 10.4 Å². The molecule has 1 amide bonds. The zero-order valence-electron chi connectivity index (χ0n) is 17.9. The Bertz CT molecular complexity index is 1380. The van der Waals surface area contributed by atoms with Crippen LogP contribution in [0.4, 0.5) is 11.4 Å². The summed E-state index contributed by atoms with van der Waals surface area (Å²) in [6.45, 7) is 1.89. The lowest BCUT2D eigenvalue weighted by Crippen LogP contribution is -2.39. The Kier molecular flexibility index (Phi) is 7.83. The van der Waals surface area contributed by atoms with Crippen LogP contribution in [0, 0.1) is 6.92 Å². The third-order valence-electron chi connectivity index (χ3n) is 4.63. The van der Waals surface area contributed by atoms with Gasteiger partial charge in [0, 0.05) is 18.6 Å². The van der Waals surface area contributed by atoms with Crippen LogP contribution in [0.15, 0.2) is 61.5 Å². The van der Waals surface area contributed by atoms with Gasteiger partial charge in [0.15, 0.2) is 0 Å². The largest absolute Gasteiger partial charge is 0.494 e. The molecule has 0 bridgehead atoms. The standard InChI is InChI=1S/C22H20BrClN4O4S/c1-12-5-4-6-14(9-12)25-19(18-20(30)27(2)22(32)28(3)21(18)31)33-11-17(29)26-16-8-7-13(23)10-15(16)24/h4-10,30H,11H2,1-3H3,(H,26,29). The summed E-state index contributed by atoms with van der Waals surface area (Å²) in [5, 5.41) is 13.8. The molecule has 0 saturated heterocycles. The Morgan fingerprint density at radius 1 is 1.18 bits per heavy atom. The van der Waals surface area contributed by atoms with E-state index in [1.54, 1.807) is 36.4 Å². The summed E-state index contributed by atoms with van der Waals surface area (Å²) >= 11 is 10.4. The fourth-order valence-corrected chi connectivity index (χ4v) is 4.46. The predicted octanol–water partition coefficient (Wildman–Crippen LogP) is 3.96. The first-order valence-corrected chi connectivity index (χ1v) is 11.8. The van der Waals surface area contributed by atoms with Gasteiger partial charge in [-0.1, -0.05) is 51.4 Å². The van der Waals surface area contributed by atoms with E-state index in [1.165, 1.54) is 14.1 Å². The number of amides is 1. The summed E-state index contributed by atoms with van der Waals surface area (Å²) in [5.74, 6) is -1.04. The lowest BCUT2D eigenvalue weighted by Gasteiger charge is -2.13. The molecule has 0 atom stereocenters. The van der Waals surface area contributed by atoms with E-state index >= 15 is 0 Å². The molecule has 33 heavy (non-hydrogen) atoms. The highest BCUT2D eigenvalue weighted by Gasteiger charge is 2.22. The summed E-state index contributed by atoms with van der Waals surface area (Å²) in [6.07, 6.45) is 0. The van der Waals surface area contributed by atoms with Gasteiger partial charge in [-0.05, 0) is 42.8 Å². The molecular weight excluding hydrogens is 532 g/mol. The molecule has 0 radical (unpaired) electrons. The summed E-state index contributed by atoms with van der Waals surface area (Å²) in [4.78, 5) is 42.1. The molecule has 0 aliphatic heterocycles. The van der Waals surface area contributed by atoms with E-state index in [-0.39, 0.29) is 22.3 Å². The average Bonchev–Trinajstić information content (AvgIpc) is 2.76. The first kappa shape index (κ1) is 24.8. The number of halogens is 2. The molecule has 0 aliphatic carbocycles. The normalized spacial score (nSPS) is 11.5. The van der Waals surface area contributed by atoms with Crippen molar-refractivity contribution in [2.75, 3.05) is 11.1 Å². The third-order valence-corrected chi connectivity index (χ3v) is 6.41. The van der Waals surface area contributed by atoms with Crippen molar-refractivity contribution in [3.8, 4) is 5.88 Å². The fourth-order valence-electron chi connectivity index (χ4n) is 2.91. The SMILES string of the molecule is Cc1cccc(N=C(SCC(=O)Nc2ccc(Br)cc2Cl)c2c(O)n(C)c(=O)n(C)c2=O)c1. The van der Waals surface area contributed by atoms with Crippen molar-refractivity contribution in [1.82, 2.24) is 9.13 Å². The number of carbonyl (C=O) groups is 1. The number of hydrogen-bond donors (Lipinski definition) is 2. The second kappa shape index (κ2) is 10.4. The second-order valence-corrected chi connectivity index (χ2v) is 9.41. The zero-order valence-corrected chi connectivity index (χ0v) is 21.1. The number of nitrogens with one attached hydrogen (secondary N) is 1. The Balaban J connectivity index is 1.98. The van der Waals surface area contributed by atoms with Crippen LogP contribution in [-0.2, 0) is 18.9 Å². The van der Waals surface area contributed by atoms with Crippen molar-refractivity contribution in [2.24, 2.45) is 19.1 Å². The maximum absolute atomic E-state index is 12.8. The lowest BCUT2D eigenvalue weighted by atomic mass is 10.2. The fraction of sp³-hybridized carbons (Fsp3) is 0.182. The number of aromatic hydroxyl groups is 1. The zero-order chi connectivity index (χ0) is 24.3. The third kappa shape index (κ3) is 5.76. The molecule has 0 unspecified atom stereocenters. The Morgan fingerprint density at radius 2 is 1.91 bits per heavy atom. The molecule has 1 heterocycles. The molecule has 11 heteroatoms. The van der Waals surface area contributed by atoms with E-state index in [0.717, 1.165) is 30.9 Å². The number of thioether (sulfide) groups is 1. The molecule has 3 aromatic rings. The average molecular weight is 552 g/mol. The molecule has 3 rings (SSSR count). The smallest absolute Gasteiger partial charge is 0.333 e. The Labute approximate surface area is 207 Å². The number of aromatic nitrogens is 2. The molecule has 8 nitrogen and oxygen atoms in total. The summed E-state index contributed by atoms with van der Waals surface area (Å²) < 4.78 is 2.60. The predicted molar refractivity (Wildman–Crippen MR) is 136 cm³/mol. The number of carbonyl (C=O) groups excluding carboxylic acids is 1. The van der Waals surface area contributed by atoms with Gasteiger partial charge in [-0.15, -0.1) is 0 Å². The van der Waals surface area contributed by atoms with Gasteiger partial charge >= 0.3 is 5.69 Å². The minimum Gasteiger partial charge on any atom is -0.494 e. The Hall–Kier alpha value is -2.82. The van der Waals surface area contributed by atoms with Crippen LogP contribution >= 0.6 is 39.3 Å². The number of aliphatic imine (C=N–C) groups is 1. The Morgan fingerprint density at radius 3 is 2.58 bits per heavy atom. The first-order chi connectivity index (χ1) is 15.6. The number of anilines is 1. The van der Waals surface area contributed by atoms with Gasteiger partial charge in [0.1, 0.15) is 10.6 Å². The van der Waals surface area contributed by atoms with E-state index in [1.807, 2.05) is 13.0 Å². The number of nitrogens with zero attached hydrogens (tertiary/aromatic N) is 3. The van der Waals surface area contributed by atoms with Crippen LogP contribution in [0.5, 0.6) is 5.88 Å². The van der Waals surface area contributed by atoms with E-state index in [2.05, 4.69) is 26.2 Å². The first-order valence-electron chi connectivity index (χ1n) is 9.61. The molecule has 0 aliphatic rings. The molecule has 0 saturated carbocycles. The number of benzene rings is 2. The molecule has 2 N–H and O–H groups in total. The highest BCUT2D eigenvalue weighted by Crippen LogP contribution is 2.27. The number of aryl methyl sites for hydroxylation is 1. The van der Waals surface area contributed by atoms with Gasteiger partial charge in [0.05, 0.1) is 22.2 Å². The lowest BCUT2D eigenvalue weighted by molar-refractivity contribution is -0.113. The summed E-state index contributed by atoms with van der Waals surface area (Å²) in [6, 6.07) is 12.3. The summed E-state index contributed by atoms with van der Waals surface area (Å²) in [5.41, 5.74) is 0.351. The molecule has 1 aromatic heterocycles. The minimum absolute atomic E-state index is 0.103. The van der Waals surface area contributed by atoms with Crippen LogP contribution in [0.3, 0.4) is 0 Å². The second-order valence-electron chi connectivity index (χ2n) is 7.12. The number of hydrogen-bond acceptors (Lipinski definition) is 6. The molecule has 0 spiro atoms. The van der Waals surface area contributed by atoms with Crippen molar-refractivity contribution in [2.45, 2.75) is 6.92 Å². The quantitative estimate of drug-likeness (QED) is 0.369. The van der Waals surface area contributed by atoms with Crippen molar-refractivity contribution >= 4 is 61.6 Å². The monoisotopic (exact) mass is 550 g/mol. The topological polar surface area (TPSA) is 106 Å². The van der Waals surface area contributed by atoms with Crippen LogP contribution in [-0.4, -0.2) is 30.9 Å². The van der Waals surface area contributed by atoms with E-state index in [0.29, 0.717) is 16.4 Å². The van der Waals surface area contributed by atoms with Crippen molar-refractivity contribution in [3.05, 3.63) is 83.9 Å². The van der Waals surface area contributed by atoms with Crippen LogP contribution in [0.25, 0.3) is 0 Å².